The summed E-state index contributed by atoms with van der Waals surface area (Å²) in [5, 5.41) is 9.64. The van der Waals surface area contributed by atoms with Crippen LogP contribution in [0, 0.1) is 5.41 Å². The molecule has 0 bridgehead atoms. The number of sulfonamides is 1. The quantitative estimate of drug-likeness (QED) is 0.874. The van der Waals surface area contributed by atoms with E-state index in [0.717, 1.165) is 12.8 Å². The van der Waals surface area contributed by atoms with Gasteiger partial charge in [-0.1, -0.05) is 23.2 Å². The van der Waals surface area contributed by atoms with E-state index in [4.69, 9.17) is 28.3 Å². The summed E-state index contributed by atoms with van der Waals surface area (Å²) in [4.78, 5) is 0.0747. The van der Waals surface area contributed by atoms with Crippen LogP contribution in [0.4, 0.5) is 0 Å². The van der Waals surface area contributed by atoms with Gasteiger partial charge in [0.15, 0.2) is 0 Å². The second-order valence-corrected chi connectivity index (χ2v) is 7.14. The van der Waals surface area contributed by atoms with Crippen LogP contribution >= 0.6 is 23.2 Å². The number of aliphatic hydroxyl groups excluding tert-OH is 1. The Morgan fingerprint density at radius 1 is 1.28 bits per heavy atom. The summed E-state index contributed by atoms with van der Waals surface area (Å²) in [5.74, 6) is 0. The highest BCUT2D eigenvalue weighted by Crippen LogP contribution is 2.44. The average Bonchev–Trinajstić information content (AvgIpc) is 3.11. The van der Waals surface area contributed by atoms with Gasteiger partial charge in [0.1, 0.15) is 0 Å². The number of nitrogens with one attached hydrogen (secondary N) is 1. The second-order valence-electron chi connectivity index (χ2n) is 4.56. The zero-order valence-electron chi connectivity index (χ0n) is 9.49. The third-order valence-corrected chi connectivity index (χ3v) is 5.27. The molecular formula is C11H13Cl2NO3S. The molecule has 0 spiro atoms. The van der Waals surface area contributed by atoms with Crippen molar-refractivity contribution in [3.8, 4) is 0 Å². The number of aliphatic hydroxyl groups is 1. The molecule has 1 aliphatic carbocycles. The first-order chi connectivity index (χ1) is 8.38. The van der Waals surface area contributed by atoms with Gasteiger partial charge in [0.05, 0.1) is 14.9 Å². The Hall–Kier alpha value is -0.330. The molecule has 1 saturated carbocycles. The molecule has 0 amide bonds. The molecule has 4 nitrogen and oxygen atoms in total. The van der Waals surface area contributed by atoms with E-state index in [0.29, 0.717) is 5.02 Å². The van der Waals surface area contributed by atoms with Crippen molar-refractivity contribution in [3.05, 3.63) is 28.2 Å². The van der Waals surface area contributed by atoms with E-state index in [2.05, 4.69) is 4.72 Å². The van der Waals surface area contributed by atoms with Crippen LogP contribution in [0.1, 0.15) is 12.8 Å². The van der Waals surface area contributed by atoms with E-state index >= 15 is 0 Å². The Morgan fingerprint density at radius 2 is 1.94 bits per heavy atom. The molecule has 1 aromatic carbocycles. The highest BCUT2D eigenvalue weighted by molar-refractivity contribution is 7.89. The number of benzene rings is 1. The summed E-state index contributed by atoms with van der Waals surface area (Å²) < 4.78 is 26.5. The van der Waals surface area contributed by atoms with Crippen molar-refractivity contribution < 1.29 is 13.5 Å². The van der Waals surface area contributed by atoms with Crippen molar-refractivity contribution in [1.29, 1.82) is 0 Å². The van der Waals surface area contributed by atoms with Crippen LogP contribution in [0.25, 0.3) is 0 Å². The molecule has 0 aromatic heterocycles. The smallest absolute Gasteiger partial charge is 0.240 e. The first-order valence-electron chi connectivity index (χ1n) is 5.44. The summed E-state index contributed by atoms with van der Waals surface area (Å²) >= 11 is 11.5. The fraction of sp³-hybridized carbons (Fsp3) is 0.455. The van der Waals surface area contributed by atoms with E-state index < -0.39 is 10.0 Å². The van der Waals surface area contributed by atoms with Crippen LogP contribution in [0.5, 0.6) is 0 Å². The molecule has 0 heterocycles. The third kappa shape index (κ3) is 2.97. The lowest BCUT2D eigenvalue weighted by atomic mass is 10.1. The van der Waals surface area contributed by atoms with Crippen LogP contribution in [0.3, 0.4) is 0 Å². The number of hydrogen-bond donors (Lipinski definition) is 2. The molecule has 1 aromatic rings. The topological polar surface area (TPSA) is 66.4 Å². The Kier molecular flexibility index (Phi) is 3.90. The minimum Gasteiger partial charge on any atom is -0.396 e. The van der Waals surface area contributed by atoms with E-state index in [1.165, 1.54) is 18.2 Å². The molecule has 0 atom stereocenters. The van der Waals surface area contributed by atoms with Crippen molar-refractivity contribution in [2.24, 2.45) is 5.41 Å². The largest absolute Gasteiger partial charge is 0.396 e. The Bertz CT molecular complexity index is 555. The van der Waals surface area contributed by atoms with Crippen LogP contribution in [0.2, 0.25) is 10.0 Å². The lowest BCUT2D eigenvalue weighted by Gasteiger charge is -2.13. The van der Waals surface area contributed by atoms with Crippen LogP contribution in [0.15, 0.2) is 23.1 Å². The maximum absolute atomic E-state index is 12.0. The molecule has 1 fully saturated rings. The van der Waals surface area contributed by atoms with Gasteiger partial charge >= 0.3 is 0 Å². The number of rotatable bonds is 5. The molecule has 0 radical (unpaired) electrons. The zero-order chi connectivity index (χ0) is 13.4. The van der Waals surface area contributed by atoms with Gasteiger partial charge in [0, 0.05) is 18.6 Å². The van der Waals surface area contributed by atoms with E-state index in [-0.39, 0.29) is 28.5 Å². The van der Waals surface area contributed by atoms with E-state index in [9.17, 15) is 8.42 Å². The number of halogens is 2. The zero-order valence-corrected chi connectivity index (χ0v) is 11.8. The minimum absolute atomic E-state index is 0.00308. The van der Waals surface area contributed by atoms with Gasteiger partial charge in [-0.25, -0.2) is 13.1 Å². The molecule has 7 heteroatoms. The molecule has 0 unspecified atom stereocenters. The van der Waals surface area contributed by atoms with Gasteiger partial charge in [-0.05, 0) is 31.0 Å². The van der Waals surface area contributed by atoms with Crippen molar-refractivity contribution in [1.82, 2.24) is 4.72 Å². The Balaban J connectivity index is 2.13. The third-order valence-electron chi connectivity index (χ3n) is 3.13. The van der Waals surface area contributed by atoms with Gasteiger partial charge in [-0.3, -0.25) is 0 Å². The molecule has 0 aliphatic heterocycles. The average molecular weight is 310 g/mol. The Labute approximate surface area is 116 Å². The van der Waals surface area contributed by atoms with E-state index in [1.807, 2.05) is 0 Å². The number of hydrogen-bond acceptors (Lipinski definition) is 3. The predicted molar refractivity (Wildman–Crippen MR) is 70.4 cm³/mol. The minimum atomic E-state index is -3.61. The standard InChI is InChI=1S/C11H13Cl2NO3S/c12-9-2-1-8(5-10(9)13)18(16,17)14-6-11(7-15)3-4-11/h1-2,5,14-15H,3-4,6-7H2. The van der Waals surface area contributed by atoms with Crippen LogP contribution < -0.4 is 4.72 Å². The monoisotopic (exact) mass is 309 g/mol. The van der Waals surface area contributed by atoms with Gasteiger partial charge < -0.3 is 5.11 Å². The van der Waals surface area contributed by atoms with Gasteiger partial charge in [-0.2, -0.15) is 0 Å². The van der Waals surface area contributed by atoms with Crippen LogP contribution in [-0.4, -0.2) is 26.7 Å². The van der Waals surface area contributed by atoms with Crippen molar-refractivity contribution in [2.75, 3.05) is 13.2 Å². The first-order valence-corrected chi connectivity index (χ1v) is 7.68. The molecule has 0 saturated heterocycles. The van der Waals surface area contributed by atoms with E-state index in [1.54, 1.807) is 0 Å². The van der Waals surface area contributed by atoms with Crippen LogP contribution in [-0.2, 0) is 10.0 Å². The summed E-state index contributed by atoms with van der Waals surface area (Å²) in [6, 6.07) is 4.15. The van der Waals surface area contributed by atoms with Crippen molar-refractivity contribution in [2.45, 2.75) is 17.7 Å². The fourth-order valence-corrected chi connectivity index (χ4v) is 3.09. The SMILES string of the molecule is O=S(=O)(NCC1(CO)CC1)c1ccc(Cl)c(Cl)c1. The fourth-order valence-electron chi connectivity index (χ4n) is 1.54. The normalized spacial score (nSPS) is 17.7. The van der Waals surface area contributed by atoms with Crippen molar-refractivity contribution in [3.63, 3.8) is 0 Å². The summed E-state index contributed by atoms with van der Waals surface area (Å²) in [6.07, 6.45) is 1.68. The highest BCUT2D eigenvalue weighted by Gasteiger charge is 2.42. The van der Waals surface area contributed by atoms with Gasteiger partial charge in [-0.15, -0.1) is 0 Å². The maximum Gasteiger partial charge on any atom is 0.240 e. The maximum atomic E-state index is 12.0. The van der Waals surface area contributed by atoms with Gasteiger partial charge in [0.25, 0.3) is 0 Å². The summed E-state index contributed by atoms with van der Waals surface area (Å²) in [6.45, 7) is 0.239. The van der Waals surface area contributed by atoms with Gasteiger partial charge in [0.2, 0.25) is 10.0 Å². The molecule has 18 heavy (non-hydrogen) atoms. The molecular weight excluding hydrogens is 297 g/mol. The first kappa shape index (κ1) is 14.1. The molecule has 100 valence electrons. The molecule has 2 rings (SSSR count). The summed E-state index contributed by atoms with van der Waals surface area (Å²) in [5.41, 5.74) is -0.275. The summed E-state index contributed by atoms with van der Waals surface area (Å²) in [7, 11) is -3.61. The molecule has 2 N–H and O–H groups in total. The lowest BCUT2D eigenvalue weighted by Crippen LogP contribution is -2.31. The highest BCUT2D eigenvalue weighted by atomic mass is 35.5. The predicted octanol–water partition coefficient (Wildman–Crippen LogP) is 2.04. The van der Waals surface area contributed by atoms with Crippen molar-refractivity contribution >= 4 is 33.2 Å². The lowest BCUT2D eigenvalue weighted by molar-refractivity contribution is 0.213. The molecule has 1 aliphatic rings. The second kappa shape index (κ2) is 4.98. The Morgan fingerprint density at radius 3 is 2.44 bits per heavy atom.